The van der Waals surface area contributed by atoms with Gasteiger partial charge in [0.1, 0.15) is 4.21 Å². The molecule has 0 unspecified atom stereocenters. The second kappa shape index (κ2) is 9.49. The molecule has 0 amide bonds. The van der Waals surface area contributed by atoms with E-state index in [0.29, 0.717) is 4.88 Å². The van der Waals surface area contributed by atoms with Gasteiger partial charge in [-0.2, -0.15) is 0 Å². The third-order valence-electron chi connectivity index (χ3n) is 5.81. The monoisotopic (exact) mass is 491 g/mol. The van der Waals surface area contributed by atoms with Crippen LogP contribution in [0.25, 0.3) is 10.9 Å². The molecule has 0 saturated carbocycles. The van der Waals surface area contributed by atoms with Gasteiger partial charge >= 0.3 is 5.97 Å². The third kappa shape index (κ3) is 5.09. The van der Waals surface area contributed by atoms with Crippen LogP contribution in [0.3, 0.4) is 0 Å². The SMILES string of the molecule is Cc1ccc(C#Cc2ccc(S(=O)(=O)C[C@@H](Cc3cn(C)c4cccc(C)c34)C(=O)O)s2)cc1. The molecule has 0 saturated heterocycles. The molecular formula is C27H25NO4S2. The van der Waals surface area contributed by atoms with Crippen molar-refractivity contribution in [1.29, 1.82) is 0 Å². The highest BCUT2D eigenvalue weighted by Crippen LogP contribution is 2.29. The van der Waals surface area contributed by atoms with Crippen LogP contribution in [0.2, 0.25) is 0 Å². The van der Waals surface area contributed by atoms with Gasteiger partial charge in [0.15, 0.2) is 9.84 Å². The maximum absolute atomic E-state index is 13.1. The van der Waals surface area contributed by atoms with E-state index in [1.165, 1.54) is 6.07 Å². The average Bonchev–Trinajstić information content (AvgIpc) is 3.39. The van der Waals surface area contributed by atoms with Crippen LogP contribution in [0, 0.1) is 31.6 Å². The van der Waals surface area contributed by atoms with E-state index in [0.717, 1.165) is 44.5 Å². The third-order valence-corrected chi connectivity index (χ3v) is 9.20. The van der Waals surface area contributed by atoms with Crippen LogP contribution in [0.5, 0.6) is 0 Å². The van der Waals surface area contributed by atoms with Gasteiger partial charge in [-0.3, -0.25) is 4.79 Å². The number of aliphatic carboxylic acids is 1. The number of benzene rings is 2. The molecule has 4 aromatic rings. The number of nitrogens with zero attached hydrogens (tertiary/aromatic N) is 1. The number of carbonyl (C=O) groups is 1. The van der Waals surface area contributed by atoms with Gasteiger partial charge < -0.3 is 9.67 Å². The lowest BCUT2D eigenvalue weighted by Gasteiger charge is -2.12. The first-order chi connectivity index (χ1) is 16.1. The largest absolute Gasteiger partial charge is 0.481 e. The molecule has 0 aliphatic rings. The van der Waals surface area contributed by atoms with Gasteiger partial charge in [-0.05, 0) is 61.7 Å². The Balaban J connectivity index is 1.56. The van der Waals surface area contributed by atoms with Gasteiger partial charge in [0.2, 0.25) is 0 Å². The summed E-state index contributed by atoms with van der Waals surface area (Å²) in [5.41, 5.74) is 4.86. The predicted octanol–water partition coefficient (Wildman–Crippen LogP) is 4.97. The minimum absolute atomic E-state index is 0.140. The maximum atomic E-state index is 13.1. The van der Waals surface area contributed by atoms with Crippen LogP contribution in [0.15, 0.2) is 65.0 Å². The van der Waals surface area contributed by atoms with Crippen molar-refractivity contribution in [3.8, 4) is 11.8 Å². The zero-order chi connectivity index (χ0) is 24.5. The summed E-state index contributed by atoms with van der Waals surface area (Å²) >= 11 is 1.07. The quantitative estimate of drug-likeness (QED) is 0.386. The number of aryl methyl sites for hydroxylation is 3. The normalized spacial score (nSPS) is 12.3. The molecule has 1 atom stereocenters. The fourth-order valence-electron chi connectivity index (χ4n) is 4.04. The van der Waals surface area contributed by atoms with Crippen molar-refractivity contribution in [1.82, 2.24) is 4.57 Å². The zero-order valence-corrected chi connectivity index (χ0v) is 20.8. The van der Waals surface area contributed by atoms with Crippen LogP contribution < -0.4 is 0 Å². The van der Waals surface area contributed by atoms with Gasteiger partial charge in [0, 0.05) is 29.7 Å². The van der Waals surface area contributed by atoms with E-state index < -0.39 is 27.5 Å². The lowest BCUT2D eigenvalue weighted by molar-refractivity contribution is -0.140. The molecule has 2 aromatic carbocycles. The summed E-state index contributed by atoms with van der Waals surface area (Å²) in [5.74, 6) is 3.40. The Kier molecular flexibility index (Phi) is 6.65. The first kappa shape index (κ1) is 23.8. The number of carboxylic acid groups (broad SMARTS) is 1. The highest BCUT2D eigenvalue weighted by Gasteiger charge is 2.29. The summed E-state index contributed by atoms with van der Waals surface area (Å²) in [6.07, 6.45) is 2.03. The molecule has 1 N–H and O–H groups in total. The molecule has 2 heterocycles. The second-order valence-electron chi connectivity index (χ2n) is 8.49. The van der Waals surface area contributed by atoms with E-state index in [2.05, 4.69) is 11.8 Å². The van der Waals surface area contributed by atoms with Crippen LogP contribution >= 0.6 is 11.3 Å². The smallest absolute Gasteiger partial charge is 0.307 e. The van der Waals surface area contributed by atoms with E-state index in [4.69, 9.17) is 0 Å². The van der Waals surface area contributed by atoms with Crippen LogP contribution in [-0.4, -0.2) is 29.8 Å². The summed E-state index contributed by atoms with van der Waals surface area (Å²) in [7, 11) is -1.88. The topological polar surface area (TPSA) is 76.4 Å². The molecular weight excluding hydrogens is 466 g/mol. The maximum Gasteiger partial charge on any atom is 0.307 e. The van der Waals surface area contributed by atoms with E-state index >= 15 is 0 Å². The van der Waals surface area contributed by atoms with Crippen molar-refractivity contribution in [2.45, 2.75) is 24.5 Å². The molecule has 0 radical (unpaired) electrons. The average molecular weight is 492 g/mol. The zero-order valence-electron chi connectivity index (χ0n) is 19.2. The number of hydrogen-bond donors (Lipinski definition) is 1. The molecule has 0 spiro atoms. The first-order valence-corrected chi connectivity index (χ1v) is 13.3. The van der Waals surface area contributed by atoms with E-state index in [-0.39, 0.29) is 10.6 Å². The van der Waals surface area contributed by atoms with E-state index in [9.17, 15) is 18.3 Å². The van der Waals surface area contributed by atoms with Crippen LogP contribution in [0.4, 0.5) is 0 Å². The Morgan fingerprint density at radius 2 is 1.79 bits per heavy atom. The van der Waals surface area contributed by atoms with Crippen molar-refractivity contribution < 1.29 is 18.3 Å². The summed E-state index contributed by atoms with van der Waals surface area (Å²) < 4.78 is 28.3. The molecule has 5 nitrogen and oxygen atoms in total. The number of fused-ring (bicyclic) bond motifs is 1. The minimum Gasteiger partial charge on any atom is -0.481 e. The number of sulfone groups is 1. The molecule has 0 aliphatic carbocycles. The van der Waals surface area contributed by atoms with E-state index in [1.807, 2.05) is 74.1 Å². The lowest BCUT2D eigenvalue weighted by atomic mass is 9.98. The Labute approximate surface area is 203 Å². The lowest BCUT2D eigenvalue weighted by Crippen LogP contribution is -2.25. The van der Waals surface area contributed by atoms with Gasteiger partial charge in [-0.15, -0.1) is 11.3 Å². The summed E-state index contributed by atoms with van der Waals surface area (Å²) in [6.45, 7) is 3.97. The van der Waals surface area contributed by atoms with Gasteiger partial charge in [0.25, 0.3) is 0 Å². The molecule has 0 fully saturated rings. The summed E-state index contributed by atoms with van der Waals surface area (Å²) in [6, 6.07) is 16.9. The number of aromatic nitrogens is 1. The van der Waals surface area contributed by atoms with Crippen molar-refractivity contribution in [2.75, 3.05) is 5.75 Å². The van der Waals surface area contributed by atoms with Gasteiger partial charge in [0.05, 0.1) is 16.5 Å². The van der Waals surface area contributed by atoms with Crippen LogP contribution in [-0.2, 0) is 28.1 Å². The Hall–Kier alpha value is -3.34. The predicted molar refractivity (Wildman–Crippen MR) is 136 cm³/mol. The van der Waals surface area contributed by atoms with Crippen molar-refractivity contribution in [2.24, 2.45) is 13.0 Å². The molecule has 34 heavy (non-hydrogen) atoms. The standard InChI is InChI=1S/C27H25NO4S2/c1-18-7-9-20(10-8-18)11-12-23-13-14-25(33-23)34(31,32)17-22(27(29)30)15-21-16-28(3)24-6-4-5-19(2)26(21)24/h4-10,13-14,16,22H,15,17H2,1-3H3,(H,29,30)/t22-/m1/s1. The van der Waals surface area contributed by atoms with Gasteiger partial charge in [-0.1, -0.05) is 41.7 Å². The second-order valence-corrected chi connectivity index (χ2v) is 11.8. The highest BCUT2D eigenvalue weighted by molar-refractivity contribution is 7.93. The number of hydrogen-bond acceptors (Lipinski definition) is 4. The number of rotatable bonds is 6. The molecule has 7 heteroatoms. The molecule has 0 bridgehead atoms. The van der Waals surface area contributed by atoms with Crippen molar-refractivity contribution in [3.63, 3.8) is 0 Å². The number of carboxylic acids is 1. The van der Waals surface area contributed by atoms with Crippen molar-refractivity contribution >= 4 is 38.0 Å². The Morgan fingerprint density at radius 1 is 1.06 bits per heavy atom. The van der Waals surface area contributed by atoms with Gasteiger partial charge in [-0.25, -0.2) is 8.42 Å². The summed E-state index contributed by atoms with van der Waals surface area (Å²) in [5, 5.41) is 10.8. The molecule has 4 rings (SSSR count). The molecule has 0 aliphatic heterocycles. The summed E-state index contributed by atoms with van der Waals surface area (Å²) in [4.78, 5) is 12.7. The minimum atomic E-state index is -3.79. The van der Waals surface area contributed by atoms with E-state index in [1.54, 1.807) is 6.07 Å². The fraction of sp³-hybridized carbons (Fsp3) is 0.222. The molecule has 2 aromatic heterocycles. The van der Waals surface area contributed by atoms with Crippen LogP contribution in [0.1, 0.15) is 27.1 Å². The first-order valence-electron chi connectivity index (χ1n) is 10.8. The highest BCUT2D eigenvalue weighted by atomic mass is 32.2. The Morgan fingerprint density at radius 3 is 2.50 bits per heavy atom. The Bertz CT molecular complexity index is 1530. The molecule has 174 valence electrons. The number of thiophene rings is 1. The van der Waals surface area contributed by atoms with Crippen molar-refractivity contribution in [3.05, 3.63) is 87.9 Å². The fourth-order valence-corrected chi connectivity index (χ4v) is 6.84.